The molecule has 4 rings (SSSR count). The van der Waals surface area contributed by atoms with Crippen LogP contribution in [0.25, 0.3) is 0 Å². The molecule has 26 heavy (non-hydrogen) atoms. The summed E-state index contributed by atoms with van der Waals surface area (Å²) in [6.07, 6.45) is 6.30. The number of aromatic nitrogens is 1. The Hall–Kier alpha value is -1.72. The smallest absolute Gasteiger partial charge is 0.315 e. The zero-order chi connectivity index (χ0) is 18.3. The summed E-state index contributed by atoms with van der Waals surface area (Å²) >= 11 is 0. The van der Waals surface area contributed by atoms with Crippen molar-refractivity contribution in [3.63, 3.8) is 0 Å². The van der Waals surface area contributed by atoms with Crippen LogP contribution in [0.2, 0.25) is 0 Å². The molecule has 0 radical (unpaired) electrons. The zero-order valence-corrected chi connectivity index (χ0v) is 15.6. The molecule has 5 nitrogen and oxygen atoms in total. The van der Waals surface area contributed by atoms with Crippen LogP contribution in [0.1, 0.15) is 38.8 Å². The van der Waals surface area contributed by atoms with Crippen LogP contribution in [-0.4, -0.2) is 34.8 Å². The highest BCUT2D eigenvalue weighted by Gasteiger charge is 2.60. The largest absolute Gasteiger partial charge is 0.461 e. The molecule has 0 aromatic carbocycles. The lowest BCUT2D eigenvalue weighted by atomic mass is 9.55. The van der Waals surface area contributed by atoms with Gasteiger partial charge in [-0.2, -0.15) is 0 Å². The molecular weight excluding hydrogens is 328 g/mol. The van der Waals surface area contributed by atoms with Crippen molar-refractivity contribution in [3.05, 3.63) is 41.7 Å². The average molecular weight is 357 g/mol. The van der Waals surface area contributed by atoms with Crippen LogP contribution in [0.15, 0.2) is 36.0 Å². The van der Waals surface area contributed by atoms with E-state index in [2.05, 4.69) is 30.2 Å². The van der Waals surface area contributed by atoms with Crippen LogP contribution in [0.3, 0.4) is 0 Å². The van der Waals surface area contributed by atoms with Gasteiger partial charge in [0.15, 0.2) is 0 Å². The summed E-state index contributed by atoms with van der Waals surface area (Å²) in [5.41, 5.74) is 2.06. The first-order chi connectivity index (χ1) is 12.5. The number of aliphatic hydroxyl groups is 1. The predicted molar refractivity (Wildman–Crippen MR) is 96.8 cm³/mol. The summed E-state index contributed by atoms with van der Waals surface area (Å²) < 4.78 is 5.70. The zero-order valence-electron chi connectivity index (χ0n) is 15.6. The maximum Gasteiger partial charge on any atom is 0.315 e. The van der Waals surface area contributed by atoms with Crippen molar-refractivity contribution in [2.45, 2.75) is 51.9 Å². The first-order valence-electron chi connectivity index (χ1n) is 9.81. The summed E-state index contributed by atoms with van der Waals surface area (Å²) in [7, 11) is 0. The van der Waals surface area contributed by atoms with E-state index in [0.29, 0.717) is 12.5 Å². The lowest BCUT2D eigenvalue weighted by Gasteiger charge is -2.51. The van der Waals surface area contributed by atoms with Gasteiger partial charge in [-0.15, -0.1) is 0 Å². The van der Waals surface area contributed by atoms with Crippen molar-refractivity contribution < 1.29 is 20.0 Å². The topological polar surface area (TPSA) is 76.0 Å². The molecule has 6 atom stereocenters. The Bertz CT molecular complexity index is 704. The van der Waals surface area contributed by atoms with E-state index in [0.717, 1.165) is 31.5 Å². The van der Waals surface area contributed by atoms with Crippen LogP contribution in [0, 0.1) is 23.2 Å². The predicted octanol–water partition coefficient (Wildman–Crippen LogP) is 1.43. The summed E-state index contributed by atoms with van der Waals surface area (Å²) in [5, 5.41) is 13.4. The van der Waals surface area contributed by atoms with Gasteiger partial charge in [-0.1, -0.05) is 31.6 Å². The molecule has 0 unspecified atom stereocenters. The van der Waals surface area contributed by atoms with E-state index < -0.39 is 6.10 Å². The van der Waals surface area contributed by atoms with Crippen LogP contribution < -0.4 is 5.32 Å². The number of hydrogen-bond acceptors (Lipinski definition) is 4. The van der Waals surface area contributed by atoms with Crippen molar-refractivity contribution in [3.8, 4) is 0 Å². The fourth-order valence-electron chi connectivity index (χ4n) is 5.26. The minimum absolute atomic E-state index is 0.106. The second-order valence-corrected chi connectivity index (χ2v) is 8.35. The van der Waals surface area contributed by atoms with Gasteiger partial charge in [-0.05, 0) is 30.9 Å². The third-order valence-corrected chi connectivity index (χ3v) is 7.07. The van der Waals surface area contributed by atoms with Crippen molar-refractivity contribution in [1.29, 1.82) is 0 Å². The number of carbonyl (C=O) groups is 1. The van der Waals surface area contributed by atoms with Crippen molar-refractivity contribution >= 4 is 5.97 Å². The first-order valence-corrected chi connectivity index (χ1v) is 9.81. The molecule has 2 fully saturated rings. The minimum atomic E-state index is -0.525. The molecule has 2 aliphatic carbocycles. The molecule has 0 amide bonds. The van der Waals surface area contributed by atoms with Crippen molar-refractivity contribution in [1.82, 2.24) is 4.98 Å². The number of esters is 1. The van der Waals surface area contributed by atoms with Crippen LogP contribution >= 0.6 is 0 Å². The quantitative estimate of drug-likeness (QED) is 0.631. The maximum absolute atomic E-state index is 12.5. The average Bonchev–Trinajstić information content (AvgIpc) is 2.94. The molecule has 2 heterocycles. The maximum atomic E-state index is 12.5. The van der Waals surface area contributed by atoms with E-state index in [4.69, 9.17) is 4.74 Å². The molecule has 1 aromatic heterocycles. The highest BCUT2D eigenvalue weighted by Crippen LogP contribution is 2.55. The number of nitrogens with zero attached hydrogens (tertiary/aromatic N) is 1. The van der Waals surface area contributed by atoms with E-state index in [1.165, 1.54) is 5.57 Å². The van der Waals surface area contributed by atoms with Gasteiger partial charge < -0.3 is 15.2 Å². The van der Waals surface area contributed by atoms with E-state index in [1.807, 2.05) is 18.2 Å². The monoisotopic (exact) mass is 357 g/mol. The normalized spacial score (nSPS) is 39.0. The lowest BCUT2D eigenvalue weighted by Crippen LogP contribution is -2.85. The number of carbonyl (C=O) groups excluding carboxylic acids is 1. The third kappa shape index (κ3) is 2.78. The molecule has 140 valence electrons. The third-order valence-electron chi connectivity index (χ3n) is 7.07. The highest BCUT2D eigenvalue weighted by molar-refractivity contribution is 5.76. The number of ether oxygens (including phenoxy) is 1. The molecule has 5 heteroatoms. The van der Waals surface area contributed by atoms with Gasteiger partial charge in [0.05, 0.1) is 18.3 Å². The van der Waals surface area contributed by atoms with Crippen LogP contribution in [0.5, 0.6) is 0 Å². The van der Waals surface area contributed by atoms with Gasteiger partial charge in [0.1, 0.15) is 18.6 Å². The molecule has 1 aliphatic heterocycles. The number of allylic oxidation sites excluding steroid dienone is 1. The molecule has 1 saturated heterocycles. The first kappa shape index (κ1) is 17.7. The van der Waals surface area contributed by atoms with E-state index in [9.17, 15) is 9.90 Å². The Morgan fingerprint density at radius 3 is 3.04 bits per heavy atom. The summed E-state index contributed by atoms with van der Waals surface area (Å²) in [6.45, 7) is 5.78. The Kier molecular flexibility index (Phi) is 4.61. The number of pyridine rings is 1. The van der Waals surface area contributed by atoms with E-state index in [-0.39, 0.29) is 29.3 Å². The fourth-order valence-corrected chi connectivity index (χ4v) is 5.26. The van der Waals surface area contributed by atoms with Gasteiger partial charge in [0.25, 0.3) is 0 Å². The Morgan fingerprint density at radius 2 is 2.27 bits per heavy atom. The molecule has 1 aromatic rings. The Balaban J connectivity index is 1.50. The fraction of sp³-hybridized carbons (Fsp3) is 0.619. The number of hydrogen-bond donors (Lipinski definition) is 2. The summed E-state index contributed by atoms with van der Waals surface area (Å²) in [5.74, 6) is -0.0736. The van der Waals surface area contributed by atoms with Gasteiger partial charge in [0.2, 0.25) is 0 Å². The number of nitrogens with two attached hydrogens (primary N) is 1. The highest BCUT2D eigenvalue weighted by atomic mass is 16.6. The summed E-state index contributed by atoms with van der Waals surface area (Å²) in [4.78, 5) is 16.9. The number of aliphatic hydroxyl groups excluding tert-OH is 1. The standard InChI is InChI=1S/C21H28N2O3/c1-13-6-5-7-14-10-17-18(19(24)21(13,14)2)16(20(25)26-17)12-22-11-15-8-3-4-9-23-15/h3-4,7-9,13,16-19,22,24H,5-6,10-12H2,1-2H3/p+1/t13-,16-,17+,18+,19+,21+/m0/s1. The Labute approximate surface area is 154 Å². The van der Waals surface area contributed by atoms with Gasteiger partial charge in [0, 0.05) is 24.0 Å². The van der Waals surface area contributed by atoms with Crippen LogP contribution in [-0.2, 0) is 16.1 Å². The van der Waals surface area contributed by atoms with Crippen molar-refractivity contribution in [2.24, 2.45) is 23.2 Å². The molecule has 0 spiro atoms. The van der Waals surface area contributed by atoms with Gasteiger partial charge >= 0.3 is 5.97 Å². The molecule has 3 N–H and O–H groups in total. The second-order valence-electron chi connectivity index (χ2n) is 8.35. The summed E-state index contributed by atoms with van der Waals surface area (Å²) in [6, 6.07) is 5.86. The Morgan fingerprint density at radius 1 is 1.42 bits per heavy atom. The van der Waals surface area contributed by atoms with Crippen LogP contribution in [0.4, 0.5) is 0 Å². The number of quaternary nitrogens is 1. The lowest BCUT2D eigenvalue weighted by molar-refractivity contribution is -0.675. The second kappa shape index (κ2) is 6.78. The van der Waals surface area contributed by atoms with Gasteiger partial charge in [-0.25, -0.2) is 0 Å². The SMILES string of the molecule is C[C@H]1CCC=C2C[C@H]3OC(=O)[C@@H](C[NH2+]Cc4ccccn4)[C@H]3[C@@H](O)[C@@]21C. The van der Waals surface area contributed by atoms with Crippen molar-refractivity contribution in [2.75, 3.05) is 6.54 Å². The minimum Gasteiger partial charge on any atom is -0.461 e. The molecule has 0 bridgehead atoms. The molecule has 1 saturated carbocycles. The molecule has 3 aliphatic rings. The van der Waals surface area contributed by atoms with E-state index in [1.54, 1.807) is 6.20 Å². The molecular formula is C21H29N2O3+. The number of fused-ring (bicyclic) bond motifs is 2. The van der Waals surface area contributed by atoms with E-state index >= 15 is 0 Å². The number of rotatable bonds is 4. The van der Waals surface area contributed by atoms with Gasteiger partial charge in [-0.3, -0.25) is 9.78 Å².